The predicted octanol–water partition coefficient (Wildman–Crippen LogP) is -2.29. The van der Waals surface area contributed by atoms with Crippen molar-refractivity contribution in [3.8, 4) is 11.9 Å². The van der Waals surface area contributed by atoms with Gasteiger partial charge in [-0.1, -0.05) is 0 Å². The Morgan fingerprint density at radius 1 is 1.29 bits per heavy atom. The molecule has 0 fully saturated rings. The largest absolute Gasteiger partial charge is 1.00 e. The summed E-state index contributed by atoms with van der Waals surface area (Å²) >= 11 is 0. The second kappa shape index (κ2) is 6.80. The van der Waals surface area contributed by atoms with Crippen LogP contribution < -0.4 is 38.0 Å². The summed E-state index contributed by atoms with van der Waals surface area (Å²) in [5.74, 6) is 0.601. The highest BCUT2D eigenvalue weighted by molar-refractivity contribution is 5.06. The molecule has 0 N–H and O–H groups in total. The van der Waals surface area contributed by atoms with Gasteiger partial charge in [0, 0.05) is 4.98 Å². The third-order valence-corrected chi connectivity index (χ3v) is 1.51. The lowest BCUT2D eigenvalue weighted by Gasteiger charge is -2.00. The Hall–Kier alpha value is -0.590. The number of aryl methyl sites for hydroxylation is 1. The molecule has 0 radical (unpaired) electrons. The Morgan fingerprint density at radius 2 is 1.93 bits per heavy atom. The zero-order valence-corrected chi connectivity index (χ0v) is 10.8. The fourth-order valence-electron chi connectivity index (χ4n) is 0.941. The Bertz CT molecular complexity index is 282. The van der Waals surface area contributed by atoms with Gasteiger partial charge in [-0.25, -0.2) is 0 Å². The van der Waals surface area contributed by atoms with Gasteiger partial charge in [-0.3, -0.25) is 0 Å². The van der Waals surface area contributed by atoms with E-state index in [1.807, 2.05) is 37.7 Å². The molecule has 0 saturated heterocycles. The van der Waals surface area contributed by atoms with Gasteiger partial charge in [-0.05, 0) is 13.8 Å². The van der Waals surface area contributed by atoms with E-state index < -0.39 is 0 Å². The van der Waals surface area contributed by atoms with Gasteiger partial charge in [0.1, 0.15) is 6.20 Å². The molecule has 0 aliphatic heterocycles. The van der Waals surface area contributed by atoms with Crippen LogP contribution in [-0.2, 0) is 7.05 Å². The molecule has 0 amide bonds. The molecule has 1 heterocycles. The van der Waals surface area contributed by atoms with Crippen molar-refractivity contribution in [2.45, 2.75) is 13.8 Å². The third kappa shape index (κ3) is 3.65. The molecule has 1 aromatic heterocycles. The lowest BCUT2D eigenvalue weighted by molar-refractivity contribution is -0.680. The fraction of sp³-hybridized carbons (Fsp3) is 0.556. The molecule has 1 aromatic rings. The number of hydrogen-bond acceptors (Lipinski definition) is 3. The maximum absolute atomic E-state index is 5.30. The Kier molecular flexibility index (Phi) is 6.52. The van der Waals surface area contributed by atoms with Gasteiger partial charge in [0.25, 0.3) is 0 Å². The molecule has 0 saturated carbocycles. The normalized spacial score (nSPS) is 9.07. The summed E-state index contributed by atoms with van der Waals surface area (Å²) in [6.45, 7) is 5.08. The van der Waals surface area contributed by atoms with Crippen LogP contribution in [0.4, 0.5) is 0 Å². The van der Waals surface area contributed by atoms with Crippen molar-refractivity contribution in [1.82, 2.24) is 4.98 Å². The van der Waals surface area contributed by atoms with E-state index in [9.17, 15) is 0 Å². The summed E-state index contributed by atoms with van der Waals surface area (Å²) in [6.07, 6.45) is 1.86. The van der Waals surface area contributed by atoms with Gasteiger partial charge in [0.15, 0.2) is 0 Å². The van der Waals surface area contributed by atoms with Crippen LogP contribution in [0.15, 0.2) is 12.3 Å². The van der Waals surface area contributed by atoms with Gasteiger partial charge in [0.05, 0.1) is 26.3 Å². The first-order valence-corrected chi connectivity index (χ1v) is 4.40. The quantitative estimate of drug-likeness (QED) is 0.464. The second-order valence-corrected chi connectivity index (χ2v) is 2.53. The Morgan fingerprint density at radius 3 is 2.50 bits per heavy atom. The molecule has 0 aliphatic rings. The second-order valence-electron chi connectivity index (χ2n) is 2.53. The average Bonchev–Trinajstić information content (AvgIpc) is 2.12. The Balaban J connectivity index is 0.00000169. The molecule has 0 spiro atoms. The van der Waals surface area contributed by atoms with Crippen molar-refractivity contribution in [2.75, 3.05) is 13.2 Å². The number of halogens is 1. The molecule has 5 heteroatoms. The van der Waals surface area contributed by atoms with Crippen LogP contribution in [0, 0.1) is 0 Å². The molecule has 0 aromatic carbocycles. The van der Waals surface area contributed by atoms with Crippen molar-refractivity contribution in [2.24, 2.45) is 7.05 Å². The number of ether oxygens (including phenoxy) is 2. The first-order valence-electron chi connectivity index (χ1n) is 4.40. The Labute approximate surface area is 101 Å². The van der Waals surface area contributed by atoms with Crippen molar-refractivity contribution >= 4 is 0 Å². The van der Waals surface area contributed by atoms with Crippen LogP contribution in [0.5, 0.6) is 11.9 Å². The highest BCUT2D eigenvalue weighted by Gasteiger charge is 2.13. The van der Waals surface area contributed by atoms with E-state index >= 15 is 0 Å². The summed E-state index contributed by atoms with van der Waals surface area (Å²) in [6, 6.07) is 2.39. The minimum absolute atomic E-state index is 0. The monoisotopic (exact) mass is 310 g/mol. The maximum atomic E-state index is 5.30. The van der Waals surface area contributed by atoms with Gasteiger partial charge >= 0.3 is 11.9 Å². The number of aromatic nitrogens is 2. The number of nitrogens with zero attached hydrogens (tertiary/aromatic N) is 2. The first kappa shape index (κ1) is 13.4. The van der Waals surface area contributed by atoms with Crippen LogP contribution in [0.2, 0.25) is 0 Å². The lowest BCUT2D eigenvalue weighted by Crippen LogP contribution is -3.00. The zero-order valence-electron chi connectivity index (χ0n) is 8.66. The van der Waals surface area contributed by atoms with Crippen LogP contribution in [0.1, 0.15) is 13.8 Å². The van der Waals surface area contributed by atoms with Crippen molar-refractivity contribution in [3.05, 3.63) is 12.3 Å². The third-order valence-electron chi connectivity index (χ3n) is 1.51. The standard InChI is InChI=1S/C9H15N2O2.HI/c1-4-12-8-6-7-11(3)9(10-8)13-5-2;/h6-7H,4-5H2,1-3H3;1H/q+1;/p-1. The molecule has 0 unspecified atom stereocenters. The minimum Gasteiger partial charge on any atom is -1.00 e. The van der Waals surface area contributed by atoms with E-state index in [1.165, 1.54) is 0 Å². The summed E-state index contributed by atoms with van der Waals surface area (Å²) in [4.78, 5) is 4.17. The maximum Gasteiger partial charge on any atom is 0.501 e. The smallest absolute Gasteiger partial charge is 0.501 e. The molecule has 4 nitrogen and oxygen atoms in total. The highest BCUT2D eigenvalue weighted by Crippen LogP contribution is 2.07. The molecular formula is C9H15IN2O2. The van der Waals surface area contributed by atoms with E-state index in [4.69, 9.17) is 9.47 Å². The molecule has 1 rings (SSSR count). The molecule has 0 aliphatic carbocycles. The molecule has 14 heavy (non-hydrogen) atoms. The van der Waals surface area contributed by atoms with Crippen LogP contribution in [0.25, 0.3) is 0 Å². The first-order chi connectivity index (χ1) is 6.27. The minimum atomic E-state index is 0. The highest BCUT2D eigenvalue weighted by atomic mass is 127. The molecular weight excluding hydrogens is 295 g/mol. The number of rotatable bonds is 4. The fourth-order valence-corrected chi connectivity index (χ4v) is 0.941. The van der Waals surface area contributed by atoms with E-state index in [0.29, 0.717) is 25.1 Å². The molecule has 80 valence electrons. The topological polar surface area (TPSA) is 35.2 Å². The van der Waals surface area contributed by atoms with Gasteiger partial charge in [0.2, 0.25) is 0 Å². The van der Waals surface area contributed by atoms with E-state index in [2.05, 4.69) is 4.98 Å². The number of hydrogen-bond donors (Lipinski definition) is 0. The lowest BCUT2D eigenvalue weighted by atomic mass is 10.6. The predicted molar refractivity (Wildman–Crippen MR) is 47.8 cm³/mol. The van der Waals surface area contributed by atoms with E-state index in [1.54, 1.807) is 0 Å². The molecule has 0 atom stereocenters. The van der Waals surface area contributed by atoms with Crippen molar-refractivity contribution < 1.29 is 38.0 Å². The van der Waals surface area contributed by atoms with Crippen LogP contribution >= 0.6 is 0 Å². The summed E-state index contributed by atoms with van der Waals surface area (Å²) in [5, 5.41) is 0. The van der Waals surface area contributed by atoms with Crippen molar-refractivity contribution in [1.29, 1.82) is 0 Å². The van der Waals surface area contributed by atoms with Gasteiger partial charge < -0.3 is 33.5 Å². The summed E-state index contributed by atoms with van der Waals surface area (Å²) in [5.41, 5.74) is 0. The summed E-state index contributed by atoms with van der Waals surface area (Å²) < 4.78 is 12.4. The van der Waals surface area contributed by atoms with E-state index in [-0.39, 0.29) is 24.0 Å². The van der Waals surface area contributed by atoms with Gasteiger partial charge in [-0.15, -0.1) is 0 Å². The zero-order chi connectivity index (χ0) is 9.68. The molecule has 0 bridgehead atoms. The van der Waals surface area contributed by atoms with Gasteiger partial charge in [-0.2, -0.15) is 4.57 Å². The summed E-state index contributed by atoms with van der Waals surface area (Å²) in [7, 11) is 1.88. The average molecular weight is 310 g/mol. The van der Waals surface area contributed by atoms with Crippen LogP contribution in [0.3, 0.4) is 0 Å². The van der Waals surface area contributed by atoms with Crippen LogP contribution in [-0.4, -0.2) is 18.2 Å². The SMILES string of the molecule is CCOc1cc[n+](C)c(OCC)n1.[I-]. The van der Waals surface area contributed by atoms with Crippen molar-refractivity contribution in [3.63, 3.8) is 0 Å². The van der Waals surface area contributed by atoms with E-state index in [0.717, 1.165) is 0 Å².